The van der Waals surface area contributed by atoms with E-state index >= 15 is 0 Å². The molecular weight excluding hydrogens is 442 g/mol. The highest BCUT2D eigenvalue weighted by atomic mass is 35.5. The van der Waals surface area contributed by atoms with E-state index in [1.165, 1.54) is 6.08 Å². The molecule has 0 unspecified atom stereocenters. The third-order valence-corrected chi connectivity index (χ3v) is 5.07. The number of fused-ring (bicyclic) bond motifs is 1. The Morgan fingerprint density at radius 3 is 2.70 bits per heavy atom. The van der Waals surface area contributed by atoms with Gasteiger partial charge in [-0.3, -0.25) is 9.59 Å². The van der Waals surface area contributed by atoms with Crippen LogP contribution in [0.25, 0.3) is 17.0 Å². The van der Waals surface area contributed by atoms with Gasteiger partial charge in [0.2, 0.25) is 5.91 Å². The van der Waals surface area contributed by atoms with Crippen LogP contribution in [0.1, 0.15) is 38.6 Å². The van der Waals surface area contributed by atoms with Crippen molar-refractivity contribution in [3.8, 4) is 11.5 Å². The quantitative estimate of drug-likeness (QED) is 0.454. The molecule has 0 spiro atoms. The number of carbonyl (C=O) groups is 1. The van der Waals surface area contributed by atoms with E-state index in [2.05, 4.69) is 9.97 Å². The molecule has 0 saturated heterocycles. The third kappa shape index (κ3) is 6.35. The Bertz CT molecular complexity index is 1220. The maximum atomic E-state index is 12.9. The van der Waals surface area contributed by atoms with Crippen molar-refractivity contribution in [2.75, 3.05) is 13.7 Å². The maximum absolute atomic E-state index is 12.9. The van der Waals surface area contributed by atoms with Gasteiger partial charge in [-0.1, -0.05) is 24.6 Å². The molecule has 0 aliphatic carbocycles. The molecule has 33 heavy (non-hydrogen) atoms. The largest absolute Gasteiger partial charge is 0.493 e. The number of hydrogen-bond acceptors (Lipinski definition) is 5. The first-order valence-corrected chi connectivity index (χ1v) is 11.2. The van der Waals surface area contributed by atoms with Gasteiger partial charge in [0.15, 0.2) is 11.5 Å². The smallest absolute Gasteiger partial charge is 0.258 e. The van der Waals surface area contributed by atoms with Gasteiger partial charge in [-0.2, -0.15) is 0 Å². The lowest BCUT2D eigenvalue weighted by Gasteiger charge is -2.20. The fourth-order valence-corrected chi connectivity index (χ4v) is 3.53. The Labute approximate surface area is 198 Å². The molecule has 0 fully saturated rings. The summed E-state index contributed by atoms with van der Waals surface area (Å²) >= 11 is 6.04. The highest BCUT2D eigenvalue weighted by molar-refractivity contribution is 6.31. The van der Waals surface area contributed by atoms with Crippen molar-refractivity contribution >= 4 is 34.5 Å². The Morgan fingerprint density at radius 1 is 1.21 bits per heavy atom. The predicted molar refractivity (Wildman–Crippen MR) is 131 cm³/mol. The van der Waals surface area contributed by atoms with Crippen LogP contribution in [0.2, 0.25) is 5.02 Å². The first-order chi connectivity index (χ1) is 15.8. The van der Waals surface area contributed by atoms with E-state index in [0.29, 0.717) is 39.8 Å². The molecule has 0 aliphatic rings. The van der Waals surface area contributed by atoms with Crippen molar-refractivity contribution in [3.63, 3.8) is 0 Å². The molecule has 8 heteroatoms. The van der Waals surface area contributed by atoms with Gasteiger partial charge < -0.3 is 19.4 Å². The standard InChI is InChI=1S/C25H28ClN3O4/c1-5-12-29(15-23-27-20-14-18(26)8-9-19(20)25(31)28-23)24(30)11-7-17-6-10-21(33-16(2)3)22(13-17)32-4/h6-11,13-14,16H,5,12,15H2,1-4H3,(H,27,28,31)/b11-7+. The van der Waals surface area contributed by atoms with E-state index < -0.39 is 0 Å². The van der Waals surface area contributed by atoms with Gasteiger partial charge in [0.05, 0.1) is 30.7 Å². The van der Waals surface area contributed by atoms with Gasteiger partial charge in [0.25, 0.3) is 5.56 Å². The zero-order valence-corrected chi connectivity index (χ0v) is 20.0. The number of nitrogens with zero attached hydrogens (tertiary/aromatic N) is 2. The van der Waals surface area contributed by atoms with E-state index in [-0.39, 0.29) is 24.1 Å². The highest BCUT2D eigenvalue weighted by Gasteiger charge is 2.14. The Hall–Kier alpha value is -3.32. The molecule has 0 atom stereocenters. The van der Waals surface area contributed by atoms with Gasteiger partial charge in [-0.05, 0) is 62.2 Å². The summed E-state index contributed by atoms with van der Waals surface area (Å²) in [6, 6.07) is 10.4. The molecule has 0 bridgehead atoms. The molecule has 3 aromatic rings. The highest BCUT2D eigenvalue weighted by Crippen LogP contribution is 2.29. The minimum absolute atomic E-state index is 0.0238. The van der Waals surface area contributed by atoms with Crippen molar-refractivity contribution in [3.05, 3.63) is 69.2 Å². The van der Waals surface area contributed by atoms with Gasteiger partial charge in [0.1, 0.15) is 5.82 Å². The second-order valence-electron chi connectivity index (χ2n) is 7.84. The van der Waals surface area contributed by atoms with Crippen molar-refractivity contribution in [1.29, 1.82) is 0 Å². The molecule has 0 saturated carbocycles. The first-order valence-electron chi connectivity index (χ1n) is 10.8. The van der Waals surface area contributed by atoms with Crippen LogP contribution in [-0.2, 0) is 11.3 Å². The third-order valence-electron chi connectivity index (χ3n) is 4.83. The number of ether oxygens (including phenoxy) is 2. The lowest BCUT2D eigenvalue weighted by atomic mass is 10.2. The van der Waals surface area contributed by atoms with Crippen LogP contribution in [0.5, 0.6) is 11.5 Å². The van der Waals surface area contributed by atoms with Crippen LogP contribution in [0.3, 0.4) is 0 Å². The minimum Gasteiger partial charge on any atom is -0.493 e. The average Bonchev–Trinajstić information content (AvgIpc) is 2.77. The number of aromatic nitrogens is 2. The fourth-order valence-electron chi connectivity index (χ4n) is 3.37. The number of rotatable bonds is 9. The van der Waals surface area contributed by atoms with E-state index in [9.17, 15) is 9.59 Å². The van der Waals surface area contributed by atoms with E-state index in [1.807, 2.05) is 39.0 Å². The molecule has 0 aliphatic heterocycles. The van der Waals surface area contributed by atoms with Gasteiger partial charge in [0, 0.05) is 17.6 Å². The summed E-state index contributed by atoms with van der Waals surface area (Å²) in [6.45, 7) is 6.57. The summed E-state index contributed by atoms with van der Waals surface area (Å²) in [5.74, 6) is 1.46. The summed E-state index contributed by atoms with van der Waals surface area (Å²) in [7, 11) is 1.58. The van der Waals surface area contributed by atoms with Crippen LogP contribution < -0.4 is 15.0 Å². The number of H-pyrrole nitrogens is 1. The van der Waals surface area contributed by atoms with Crippen LogP contribution in [0, 0.1) is 0 Å². The van der Waals surface area contributed by atoms with Crippen LogP contribution in [0.4, 0.5) is 0 Å². The number of carbonyl (C=O) groups excluding carboxylic acids is 1. The van der Waals surface area contributed by atoms with Crippen LogP contribution in [0.15, 0.2) is 47.3 Å². The molecule has 7 nitrogen and oxygen atoms in total. The molecule has 1 amide bonds. The molecule has 2 aromatic carbocycles. The SMILES string of the molecule is CCCN(Cc1nc2cc(Cl)ccc2c(=O)[nH]1)C(=O)/C=C/c1ccc(OC(C)C)c(OC)c1. The van der Waals surface area contributed by atoms with Crippen LogP contribution >= 0.6 is 11.6 Å². The fraction of sp³-hybridized carbons (Fsp3) is 0.320. The zero-order valence-electron chi connectivity index (χ0n) is 19.2. The normalized spacial score (nSPS) is 11.3. The Kier molecular flexibility index (Phi) is 8.11. The topological polar surface area (TPSA) is 84.5 Å². The number of benzene rings is 2. The monoisotopic (exact) mass is 469 g/mol. The summed E-state index contributed by atoms with van der Waals surface area (Å²) in [4.78, 5) is 34.2. The number of nitrogens with one attached hydrogen (secondary N) is 1. The van der Waals surface area contributed by atoms with E-state index in [0.717, 1.165) is 12.0 Å². The summed E-state index contributed by atoms with van der Waals surface area (Å²) < 4.78 is 11.1. The number of methoxy groups -OCH3 is 1. The Morgan fingerprint density at radius 2 is 2.00 bits per heavy atom. The number of amides is 1. The molecule has 1 aromatic heterocycles. The molecule has 1 heterocycles. The maximum Gasteiger partial charge on any atom is 0.258 e. The molecule has 3 rings (SSSR count). The van der Waals surface area contributed by atoms with Crippen molar-refractivity contribution in [1.82, 2.24) is 14.9 Å². The second kappa shape index (κ2) is 11.0. The van der Waals surface area contributed by atoms with E-state index in [4.69, 9.17) is 21.1 Å². The predicted octanol–water partition coefficient (Wildman–Crippen LogP) is 4.82. The molecule has 0 radical (unpaired) electrons. The van der Waals surface area contributed by atoms with E-state index in [1.54, 1.807) is 36.3 Å². The van der Waals surface area contributed by atoms with Crippen molar-refractivity contribution < 1.29 is 14.3 Å². The van der Waals surface area contributed by atoms with Gasteiger partial charge >= 0.3 is 0 Å². The first kappa shape index (κ1) is 24.3. The summed E-state index contributed by atoms with van der Waals surface area (Å²) in [5, 5.41) is 0.950. The number of hydrogen-bond donors (Lipinski definition) is 1. The van der Waals surface area contributed by atoms with Gasteiger partial charge in [-0.25, -0.2) is 4.98 Å². The second-order valence-corrected chi connectivity index (χ2v) is 8.28. The lowest BCUT2D eigenvalue weighted by molar-refractivity contribution is -0.126. The number of halogens is 1. The molecular formula is C25H28ClN3O4. The Balaban J connectivity index is 1.80. The van der Waals surface area contributed by atoms with Crippen molar-refractivity contribution in [2.45, 2.75) is 39.8 Å². The molecule has 174 valence electrons. The summed E-state index contributed by atoms with van der Waals surface area (Å²) in [6.07, 6.45) is 4.01. The average molecular weight is 470 g/mol. The zero-order chi connectivity index (χ0) is 24.0. The molecule has 1 N–H and O–H groups in total. The van der Waals surface area contributed by atoms with Crippen LogP contribution in [-0.4, -0.2) is 40.5 Å². The van der Waals surface area contributed by atoms with Gasteiger partial charge in [-0.15, -0.1) is 0 Å². The number of aromatic amines is 1. The lowest BCUT2D eigenvalue weighted by Crippen LogP contribution is -2.31. The van der Waals surface area contributed by atoms with Crippen molar-refractivity contribution in [2.24, 2.45) is 0 Å². The minimum atomic E-state index is -0.262. The summed E-state index contributed by atoms with van der Waals surface area (Å²) in [5.41, 5.74) is 1.04.